The Morgan fingerprint density at radius 3 is 2.55 bits per heavy atom. The van der Waals surface area contributed by atoms with Crippen molar-refractivity contribution in [2.45, 2.75) is 68.9 Å². The minimum Gasteiger partial charge on any atom is -0.479 e. The van der Waals surface area contributed by atoms with Crippen LogP contribution in [-0.2, 0) is 14.3 Å². The van der Waals surface area contributed by atoms with Crippen LogP contribution in [0.4, 0.5) is 0 Å². The van der Waals surface area contributed by atoms with Crippen LogP contribution in [0.3, 0.4) is 0 Å². The van der Waals surface area contributed by atoms with E-state index >= 15 is 0 Å². The Morgan fingerprint density at radius 2 is 1.90 bits per heavy atom. The standard InChI is InChI=1S/C14H23NO4S/c1-2-20-12-6-4-3-5-9(12)15-13(16)10-7-8-11(19-10)14(17)18/h9-12H,2-8H2,1H3,(H,15,16)(H,17,18)/t9?,10-,11+,12?/m0/s1. The van der Waals surface area contributed by atoms with Gasteiger partial charge < -0.3 is 15.2 Å². The first kappa shape index (κ1) is 15.6. The van der Waals surface area contributed by atoms with Crippen LogP contribution in [-0.4, -0.2) is 46.2 Å². The zero-order chi connectivity index (χ0) is 14.5. The molecule has 0 aromatic heterocycles. The predicted molar refractivity (Wildman–Crippen MR) is 77.8 cm³/mol. The van der Waals surface area contributed by atoms with Crippen LogP contribution >= 0.6 is 11.8 Å². The van der Waals surface area contributed by atoms with E-state index in [-0.39, 0.29) is 11.9 Å². The van der Waals surface area contributed by atoms with Gasteiger partial charge in [0.05, 0.1) is 0 Å². The first-order chi connectivity index (χ1) is 9.61. The van der Waals surface area contributed by atoms with Crippen LogP contribution in [0.5, 0.6) is 0 Å². The van der Waals surface area contributed by atoms with Crippen LogP contribution in [0.15, 0.2) is 0 Å². The first-order valence-corrected chi connectivity index (χ1v) is 8.47. The SMILES string of the molecule is CCSC1CCCCC1NC(=O)[C@@H]1CC[C@H](C(=O)O)O1. The van der Waals surface area contributed by atoms with Gasteiger partial charge in [-0.25, -0.2) is 4.79 Å². The van der Waals surface area contributed by atoms with E-state index in [4.69, 9.17) is 9.84 Å². The van der Waals surface area contributed by atoms with E-state index in [1.165, 1.54) is 6.42 Å². The van der Waals surface area contributed by atoms with Gasteiger partial charge in [0.25, 0.3) is 0 Å². The molecule has 2 unspecified atom stereocenters. The average Bonchev–Trinajstić information content (AvgIpc) is 2.91. The van der Waals surface area contributed by atoms with Crippen molar-refractivity contribution in [2.24, 2.45) is 0 Å². The summed E-state index contributed by atoms with van der Waals surface area (Å²) in [6, 6.07) is 0.202. The van der Waals surface area contributed by atoms with E-state index < -0.39 is 18.2 Å². The van der Waals surface area contributed by atoms with E-state index in [1.807, 2.05) is 11.8 Å². The van der Waals surface area contributed by atoms with E-state index in [9.17, 15) is 9.59 Å². The summed E-state index contributed by atoms with van der Waals surface area (Å²) in [6.07, 6.45) is 4.04. The Balaban J connectivity index is 1.85. The van der Waals surface area contributed by atoms with Crippen molar-refractivity contribution in [3.8, 4) is 0 Å². The molecule has 2 rings (SSSR count). The lowest BCUT2D eigenvalue weighted by atomic mass is 9.94. The summed E-state index contributed by atoms with van der Waals surface area (Å²) in [6.45, 7) is 2.13. The Labute approximate surface area is 123 Å². The number of nitrogens with one attached hydrogen (secondary N) is 1. The third-order valence-electron chi connectivity index (χ3n) is 4.00. The topological polar surface area (TPSA) is 75.6 Å². The Bertz CT molecular complexity index is 361. The molecule has 1 saturated heterocycles. The molecule has 1 aliphatic heterocycles. The number of amides is 1. The van der Waals surface area contributed by atoms with Crippen molar-refractivity contribution >= 4 is 23.6 Å². The number of hydrogen-bond acceptors (Lipinski definition) is 4. The minimum atomic E-state index is -0.975. The average molecular weight is 301 g/mol. The fourth-order valence-electron chi connectivity index (χ4n) is 2.96. The molecular weight excluding hydrogens is 278 g/mol. The van der Waals surface area contributed by atoms with Gasteiger partial charge in [0, 0.05) is 11.3 Å². The Kier molecular flexibility index (Phi) is 5.72. The van der Waals surface area contributed by atoms with Gasteiger partial charge in [0.15, 0.2) is 6.10 Å². The summed E-state index contributed by atoms with van der Waals surface area (Å²) in [5, 5.41) is 12.4. The molecule has 114 valence electrons. The highest BCUT2D eigenvalue weighted by Crippen LogP contribution is 2.29. The molecule has 0 radical (unpaired) electrons. The second kappa shape index (κ2) is 7.31. The largest absolute Gasteiger partial charge is 0.479 e. The smallest absolute Gasteiger partial charge is 0.332 e. The van der Waals surface area contributed by atoms with Gasteiger partial charge >= 0.3 is 5.97 Å². The highest BCUT2D eigenvalue weighted by atomic mass is 32.2. The number of carbonyl (C=O) groups is 2. The number of carboxylic acids is 1. The van der Waals surface area contributed by atoms with Crippen LogP contribution in [0, 0.1) is 0 Å². The molecule has 1 amide bonds. The quantitative estimate of drug-likeness (QED) is 0.810. The molecule has 1 aliphatic carbocycles. The summed E-state index contributed by atoms with van der Waals surface area (Å²) in [5.41, 5.74) is 0. The van der Waals surface area contributed by atoms with Crippen molar-refractivity contribution in [3.63, 3.8) is 0 Å². The molecule has 0 spiro atoms. The molecule has 20 heavy (non-hydrogen) atoms. The van der Waals surface area contributed by atoms with Gasteiger partial charge in [-0.05, 0) is 31.4 Å². The summed E-state index contributed by atoms with van der Waals surface area (Å²) in [4.78, 5) is 23.0. The van der Waals surface area contributed by atoms with Crippen molar-refractivity contribution in [1.29, 1.82) is 0 Å². The van der Waals surface area contributed by atoms with E-state index in [0.29, 0.717) is 18.1 Å². The molecule has 0 aromatic rings. The monoisotopic (exact) mass is 301 g/mol. The lowest BCUT2D eigenvalue weighted by Crippen LogP contribution is -2.47. The summed E-state index contributed by atoms with van der Waals surface area (Å²) in [7, 11) is 0. The summed E-state index contributed by atoms with van der Waals surface area (Å²) < 4.78 is 5.30. The fraction of sp³-hybridized carbons (Fsp3) is 0.857. The number of ether oxygens (including phenoxy) is 1. The molecule has 2 fully saturated rings. The predicted octanol–water partition coefficient (Wildman–Crippen LogP) is 1.80. The van der Waals surface area contributed by atoms with Crippen molar-refractivity contribution in [3.05, 3.63) is 0 Å². The third kappa shape index (κ3) is 3.88. The number of aliphatic carboxylic acids is 1. The second-order valence-electron chi connectivity index (χ2n) is 5.42. The lowest BCUT2D eigenvalue weighted by molar-refractivity contribution is -0.151. The minimum absolute atomic E-state index is 0.137. The molecule has 0 aromatic carbocycles. The van der Waals surface area contributed by atoms with Gasteiger partial charge in [-0.3, -0.25) is 4.79 Å². The van der Waals surface area contributed by atoms with Crippen molar-refractivity contribution in [2.75, 3.05) is 5.75 Å². The molecule has 6 heteroatoms. The second-order valence-corrected chi connectivity index (χ2v) is 6.94. The normalized spacial score (nSPS) is 33.9. The van der Waals surface area contributed by atoms with Crippen LogP contribution in [0.25, 0.3) is 0 Å². The van der Waals surface area contributed by atoms with Gasteiger partial charge in [-0.2, -0.15) is 11.8 Å². The number of carbonyl (C=O) groups excluding carboxylic acids is 1. The molecule has 1 heterocycles. The van der Waals surface area contributed by atoms with Gasteiger partial charge in [-0.1, -0.05) is 19.8 Å². The highest BCUT2D eigenvalue weighted by molar-refractivity contribution is 7.99. The third-order valence-corrected chi connectivity index (χ3v) is 5.32. The number of hydrogen-bond donors (Lipinski definition) is 2. The Morgan fingerprint density at radius 1 is 1.20 bits per heavy atom. The van der Waals surface area contributed by atoms with Crippen molar-refractivity contribution in [1.82, 2.24) is 5.32 Å². The van der Waals surface area contributed by atoms with Crippen LogP contribution in [0.1, 0.15) is 45.4 Å². The number of rotatable bonds is 5. The van der Waals surface area contributed by atoms with Crippen LogP contribution in [0.2, 0.25) is 0 Å². The molecule has 1 saturated carbocycles. The van der Waals surface area contributed by atoms with E-state index in [2.05, 4.69) is 12.2 Å². The summed E-state index contributed by atoms with van der Waals surface area (Å²) in [5.74, 6) is -0.0577. The molecule has 2 N–H and O–H groups in total. The van der Waals surface area contributed by atoms with Gasteiger partial charge in [0.2, 0.25) is 5.91 Å². The lowest BCUT2D eigenvalue weighted by Gasteiger charge is -2.32. The molecule has 4 atom stereocenters. The molecule has 2 aliphatic rings. The van der Waals surface area contributed by atoms with Gasteiger partial charge in [0.1, 0.15) is 6.10 Å². The molecular formula is C14H23NO4S. The summed E-state index contributed by atoms with van der Waals surface area (Å²) >= 11 is 1.90. The highest BCUT2D eigenvalue weighted by Gasteiger charge is 2.36. The number of carboxylic acid groups (broad SMARTS) is 1. The molecule has 5 nitrogen and oxygen atoms in total. The molecule has 0 bridgehead atoms. The van der Waals surface area contributed by atoms with E-state index in [1.54, 1.807) is 0 Å². The van der Waals surface area contributed by atoms with Crippen LogP contribution < -0.4 is 5.32 Å². The number of thioether (sulfide) groups is 1. The zero-order valence-corrected chi connectivity index (χ0v) is 12.7. The Hall–Kier alpha value is -0.750. The zero-order valence-electron chi connectivity index (χ0n) is 11.8. The maximum absolute atomic E-state index is 12.2. The van der Waals surface area contributed by atoms with Gasteiger partial charge in [-0.15, -0.1) is 0 Å². The van der Waals surface area contributed by atoms with Crippen molar-refractivity contribution < 1.29 is 19.4 Å². The first-order valence-electron chi connectivity index (χ1n) is 7.42. The fourth-order valence-corrected chi connectivity index (χ4v) is 4.16. The maximum Gasteiger partial charge on any atom is 0.332 e. The maximum atomic E-state index is 12.2. The van der Waals surface area contributed by atoms with E-state index in [0.717, 1.165) is 25.0 Å².